The van der Waals surface area contributed by atoms with Crippen molar-refractivity contribution in [2.45, 2.75) is 0 Å². The van der Waals surface area contributed by atoms with Crippen LogP contribution in [0.4, 0.5) is 4.39 Å². The molecule has 1 aromatic heterocycles. The van der Waals surface area contributed by atoms with E-state index in [1.54, 1.807) is 24.3 Å². The number of para-hydroxylation sites is 1. The first-order valence-electron chi connectivity index (χ1n) is 5.70. The molecule has 2 N–H and O–H groups in total. The molecule has 1 heterocycles. The highest BCUT2D eigenvalue weighted by molar-refractivity contribution is 5.81. The van der Waals surface area contributed by atoms with Crippen LogP contribution in [0.25, 0.3) is 22.4 Å². The number of aromatic nitrogens is 2. The number of hydrogen-bond acceptors (Lipinski definition) is 3. The van der Waals surface area contributed by atoms with Gasteiger partial charge in [0, 0.05) is 0 Å². The van der Waals surface area contributed by atoms with E-state index >= 15 is 0 Å². The number of H-pyrrole nitrogens is 1. The molecule has 0 atom stereocenters. The Morgan fingerprint density at radius 3 is 2.84 bits per heavy atom. The van der Waals surface area contributed by atoms with Gasteiger partial charge in [0.1, 0.15) is 22.8 Å². The maximum absolute atomic E-state index is 13.6. The minimum Gasteiger partial charge on any atom is -0.507 e. The largest absolute Gasteiger partial charge is 0.507 e. The van der Waals surface area contributed by atoms with E-state index in [9.17, 15) is 9.50 Å². The van der Waals surface area contributed by atoms with E-state index in [1.165, 1.54) is 19.2 Å². The van der Waals surface area contributed by atoms with Gasteiger partial charge in [0.05, 0.1) is 18.2 Å². The molecule has 3 rings (SSSR count). The van der Waals surface area contributed by atoms with Crippen molar-refractivity contribution in [3.05, 3.63) is 42.2 Å². The fraction of sp³-hybridized carbons (Fsp3) is 0.0714. The van der Waals surface area contributed by atoms with Crippen molar-refractivity contribution in [1.29, 1.82) is 0 Å². The molecule has 0 bridgehead atoms. The molecule has 19 heavy (non-hydrogen) atoms. The van der Waals surface area contributed by atoms with E-state index in [1.807, 2.05) is 0 Å². The van der Waals surface area contributed by atoms with Gasteiger partial charge in [-0.15, -0.1) is 0 Å². The predicted octanol–water partition coefficient (Wildman–Crippen LogP) is 3.08. The monoisotopic (exact) mass is 258 g/mol. The highest BCUT2D eigenvalue weighted by Crippen LogP contribution is 2.32. The van der Waals surface area contributed by atoms with Gasteiger partial charge in [-0.1, -0.05) is 6.07 Å². The van der Waals surface area contributed by atoms with E-state index in [0.717, 1.165) is 0 Å². The number of phenols is 1. The summed E-state index contributed by atoms with van der Waals surface area (Å²) >= 11 is 0. The fourth-order valence-corrected chi connectivity index (χ4v) is 1.96. The van der Waals surface area contributed by atoms with Gasteiger partial charge in [-0.3, -0.25) is 0 Å². The summed E-state index contributed by atoms with van der Waals surface area (Å²) in [5.41, 5.74) is 1.30. The molecule has 0 saturated carbocycles. The number of benzene rings is 2. The Hall–Kier alpha value is -2.56. The SMILES string of the molecule is COc1ccc(O)c(-c2nc3c(F)cccc3[nH]2)c1. The van der Waals surface area contributed by atoms with Gasteiger partial charge in [-0.25, -0.2) is 9.37 Å². The van der Waals surface area contributed by atoms with Gasteiger partial charge in [-0.2, -0.15) is 0 Å². The molecular formula is C14H11FN2O2. The lowest BCUT2D eigenvalue weighted by Crippen LogP contribution is -1.86. The number of methoxy groups -OCH3 is 1. The molecule has 0 spiro atoms. The molecule has 0 aliphatic rings. The van der Waals surface area contributed by atoms with Crippen molar-refractivity contribution in [2.75, 3.05) is 7.11 Å². The van der Waals surface area contributed by atoms with Crippen LogP contribution in [-0.2, 0) is 0 Å². The minimum absolute atomic E-state index is 0.0558. The van der Waals surface area contributed by atoms with E-state index in [2.05, 4.69) is 9.97 Å². The summed E-state index contributed by atoms with van der Waals surface area (Å²) in [6.45, 7) is 0. The molecule has 0 fully saturated rings. The maximum atomic E-state index is 13.6. The van der Waals surface area contributed by atoms with Crippen LogP contribution in [0, 0.1) is 5.82 Å². The standard InChI is InChI=1S/C14H11FN2O2/c1-19-8-5-6-12(18)9(7-8)14-16-11-4-2-3-10(15)13(11)17-14/h2-7,18H,1H3,(H,16,17). The highest BCUT2D eigenvalue weighted by atomic mass is 19.1. The van der Waals surface area contributed by atoms with Gasteiger partial charge < -0.3 is 14.8 Å². The van der Waals surface area contributed by atoms with Gasteiger partial charge in [0.25, 0.3) is 0 Å². The van der Waals surface area contributed by atoms with Crippen molar-refractivity contribution in [2.24, 2.45) is 0 Å². The van der Waals surface area contributed by atoms with Crippen LogP contribution >= 0.6 is 0 Å². The van der Waals surface area contributed by atoms with Crippen LogP contribution in [0.2, 0.25) is 0 Å². The molecule has 0 amide bonds. The number of imidazole rings is 1. The normalized spacial score (nSPS) is 10.8. The number of halogens is 1. The Morgan fingerprint density at radius 1 is 1.26 bits per heavy atom. The smallest absolute Gasteiger partial charge is 0.151 e. The number of aromatic hydroxyl groups is 1. The minimum atomic E-state index is -0.401. The number of aromatic amines is 1. The van der Waals surface area contributed by atoms with Crippen LogP contribution in [-0.4, -0.2) is 22.2 Å². The zero-order chi connectivity index (χ0) is 13.4. The number of fused-ring (bicyclic) bond motifs is 1. The van der Waals surface area contributed by atoms with Crippen molar-refractivity contribution in [3.63, 3.8) is 0 Å². The second kappa shape index (κ2) is 4.28. The Bertz CT molecular complexity index is 752. The molecule has 0 radical (unpaired) electrons. The van der Waals surface area contributed by atoms with E-state index in [-0.39, 0.29) is 11.3 Å². The number of ether oxygens (including phenoxy) is 1. The van der Waals surface area contributed by atoms with E-state index < -0.39 is 5.82 Å². The van der Waals surface area contributed by atoms with E-state index in [4.69, 9.17) is 4.74 Å². The first-order chi connectivity index (χ1) is 9.19. The van der Waals surface area contributed by atoms with Crippen molar-refractivity contribution in [3.8, 4) is 22.9 Å². The molecule has 4 nitrogen and oxygen atoms in total. The van der Waals surface area contributed by atoms with Crippen LogP contribution in [0.15, 0.2) is 36.4 Å². The van der Waals surface area contributed by atoms with Gasteiger partial charge in [0.15, 0.2) is 5.82 Å². The summed E-state index contributed by atoms with van der Waals surface area (Å²) in [5.74, 6) is 0.646. The first-order valence-corrected chi connectivity index (χ1v) is 5.70. The lowest BCUT2D eigenvalue weighted by molar-refractivity contribution is 0.412. The third kappa shape index (κ3) is 1.89. The third-order valence-corrected chi connectivity index (χ3v) is 2.92. The van der Waals surface area contributed by atoms with Gasteiger partial charge in [-0.05, 0) is 30.3 Å². The van der Waals surface area contributed by atoms with Crippen LogP contribution in [0.3, 0.4) is 0 Å². The van der Waals surface area contributed by atoms with Gasteiger partial charge >= 0.3 is 0 Å². The van der Waals surface area contributed by atoms with Crippen LogP contribution in [0.1, 0.15) is 0 Å². The summed E-state index contributed by atoms with van der Waals surface area (Å²) in [5, 5.41) is 9.87. The third-order valence-electron chi connectivity index (χ3n) is 2.92. The zero-order valence-electron chi connectivity index (χ0n) is 10.1. The molecule has 0 saturated heterocycles. The summed E-state index contributed by atoms with van der Waals surface area (Å²) < 4.78 is 18.7. The number of rotatable bonds is 2. The zero-order valence-corrected chi connectivity index (χ0v) is 10.1. The Labute approximate surface area is 108 Å². The first kappa shape index (κ1) is 11.5. The molecular weight excluding hydrogens is 247 g/mol. The van der Waals surface area contributed by atoms with E-state index in [0.29, 0.717) is 22.7 Å². The fourth-order valence-electron chi connectivity index (χ4n) is 1.96. The number of nitrogens with one attached hydrogen (secondary N) is 1. The lowest BCUT2D eigenvalue weighted by Gasteiger charge is -2.04. The summed E-state index contributed by atoms with van der Waals surface area (Å²) in [7, 11) is 1.54. The van der Waals surface area contributed by atoms with Crippen molar-refractivity contribution < 1.29 is 14.2 Å². The quantitative estimate of drug-likeness (QED) is 0.742. The summed E-state index contributed by atoms with van der Waals surface area (Å²) in [6, 6.07) is 9.47. The number of phenolic OH excluding ortho intramolecular Hbond substituents is 1. The molecule has 3 aromatic rings. The molecule has 96 valence electrons. The Morgan fingerprint density at radius 2 is 2.11 bits per heavy atom. The Kier molecular flexibility index (Phi) is 2.59. The van der Waals surface area contributed by atoms with Crippen molar-refractivity contribution in [1.82, 2.24) is 9.97 Å². The molecule has 0 unspecified atom stereocenters. The molecule has 0 aliphatic heterocycles. The molecule has 2 aromatic carbocycles. The predicted molar refractivity (Wildman–Crippen MR) is 69.7 cm³/mol. The average molecular weight is 258 g/mol. The second-order valence-corrected chi connectivity index (χ2v) is 4.10. The highest BCUT2D eigenvalue weighted by Gasteiger charge is 2.12. The maximum Gasteiger partial charge on any atom is 0.151 e. The topological polar surface area (TPSA) is 58.1 Å². The van der Waals surface area contributed by atoms with Gasteiger partial charge in [0.2, 0.25) is 0 Å². The summed E-state index contributed by atoms with van der Waals surface area (Å²) in [4.78, 5) is 7.15. The lowest BCUT2D eigenvalue weighted by atomic mass is 10.2. The summed E-state index contributed by atoms with van der Waals surface area (Å²) in [6.07, 6.45) is 0. The number of hydrogen-bond donors (Lipinski definition) is 2. The van der Waals surface area contributed by atoms with Crippen LogP contribution in [0.5, 0.6) is 11.5 Å². The molecule has 5 heteroatoms. The van der Waals surface area contributed by atoms with Crippen LogP contribution < -0.4 is 4.74 Å². The average Bonchev–Trinajstić information content (AvgIpc) is 2.84. The molecule has 0 aliphatic carbocycles. The Balaban J connectivity index is 2.21. The van der Waals surface area contributed by atoms with Crippen molar-refractivity contribution >= 4 is 11.0 Å². The second-order valence-electron chi connectivity index (χ2n) is 4.10. The number of nitrogens with zero attached hydrogens (tertiary/aromatic N) is 1.